The first-order chi connectivity index (χ1) is 19.5. The molecule has 0 bridgehead atoms. The molecular weight excluding hydrogens is 585 g/mol. The maximum absolute atomic E-state index is 14.6. The van der Waals surface area contributed by atoms with Crippen LogP contribution in [0.15, 0.2) is 52.8 Å². The number of halogens is 6. The standard InChI is InChI=1S/C29H25Cl2F4N3O3/c30-22-12-18(13-23(31)26(22)32)28(29(33,34)35)14-24(38-41-28)21-11-17(9-10-37-40-15-16-5-1-2-6-16)25(27(36)39)20-8-4-3-7-19(20)21/h3-4,7-8,10-13,16H,1-2,5-6,9,14-15H2,(H2,36,39). The van der Waals surface area contributed by atoms with Crippen LogP contribution in [-0.4, -0.2) is 30.6 Å². The van der Waals surface area contributed by atoms with Crippen LogP contribution in [0.1, 0.15) is 59.2 Å². The molecule has 1 amide bonds. The third kappa shape index (κ3) is 5.59. The Balaban J connectivity index is 1.53. The van der Waals surface area contributed by atoms with Crippen molar-refractivity contribution in [2.24, 2.45) is 22.0 Å². The molecule has 1 aliphatic carbocycles. The molecule has 12 heteroatoms. The van der Waals surface area contributed by atoms with Crippen molar-refractivity contribution >= 4 is 51.8 Å². The zero-order valence-corrected chi connectivity index (χ0v) is 23.1. The van der Waals surface area contributed by atoms with Crippen LogP contribution < -0.4 is 5.73 Å². The van der Waals surface area contributed by atoms with E-state index in [9.17, 15) is 22.4 Å². The SMILES string of the molecule is NC(=O)c1c(CC=NOCC2CCCC2)cc(C2=NOC(c3cc(Cl)c(F)c(Cl)c3)(C(F)(F)F)C2)c2ccccc12. The predicted octanol–water partition coefficient (Wildman–Crippen LogP) is 7.70. The molecular formula is C29H25Cl2F4N3O3. The van der Waals surface area contributed by atoms with Crippen LogP contribution >= 0.6 is 23.2 Å². The van der Waals surface area contributed by atoms with E-state index in [2.05, 4.69) is 10.3 Å². The second-order valence-electron chi connectivity index (χ2n) is 10.2. The molecule has 5 rings (SSSR count). The highest BCUT2D eigenvalue weighted by Crippen LogP contribution is 2.50. The molecule has 216 valence electrons. The number of rotatable bonds is 8. The zero-order chi connectivity index (χ0) is 29.4. The fourth-order valence-corrected chi connectivity index (χ4v) is 5.96. The van der Waals surface area contributed by atoms with Gasteiger partial charge in [-0.2, -0.15) is 13.2 Å². The summed E-state index contributed by atoms with van der Waals surface area (Å²) in [6, 6.07) is 9.90. The molecule has 1 fully saturated rings. The smallest absolute Gasteiger partial charge is 0.396 e. The highest BCUT2D eigenvalue weighted by molar-refractivity contribution is 6.35. The molecule has 1 atom stereocenters. The maximum atomic E-state index is 14.6. The van der Waals surface area contributed by atoms with Gasteiger partial charge in [0.25, 0.3) is 5.60 Å². The van der Waals surface area contributed by atoms with Gasteiger partial charge in [-0.1, -0.05) is 70.6 Å². The molecule has 2 aliphatic rings. The van der Waals surface area contributed by atoms with Crippen LogP contribution in [0.25, 0.3) is 10.8 Å². The number of hydrogen-bond donors (Lipinski definition) is 1. The molecule has 6 nitrogen and oxygen atoms in total. The van der Waals surface area contributed by atoms with E-state index in [0.717, 1.165) is 25.0 Å². The molecule has 0 spiro atoms. The third-order valence-corrected chi connectivity index (χ3v) is 8.11. The zero-order valence-electron chi connectivity index (χ0n) is 21.6. The summed E-state index contributed by atoms with van der Waals surface area (Å²) >= 11 is 11.7. The molecule has 1 aliphatic heterocycles. The molecule has 3 aromatic rings. The fourth-order valence-electron chi connectivity index (χ4n) is 5.47. The largest absolute Gasteiger partial charge is 0.435 e. The van der Waals surface area contributed by atoms with Gasteiger partial charge in [-0.25, -0.2) is 4.39 Å². The lowest BCUT2D eigenvalue weighted by Crippen LogP contribution is -2.42. The second kappa shape index (κ2) is 11.5. The Hall–Kier alpha value is -3.37. The van der Waals surface area contributed by atoms with E-state index in [1.807, 2.05) is 0 Å². The van der Waals surface area contributed by atoms with Crippen LogP contribution in [0.3, 0.4) is 0 Å². The van der Waals surface area contributed by atoms with Gasteiger partial charge >= 0.3 is 6.18 Å². The Morgan fingerprint density at radius 2 is 1.80 bits per heavy atom. The van der Waals surface area contributed by atoms with E-state index in [4.69, 9.17) is 38.6 Å². The highest BCUT2D eigenvalue weighted by Gasteiger charge is 2.62. The summed E-state index contributed by atoms with van der Waals surface area (Å²) in [5, 5.41) is 7.59. The molecule has 1 heterocycles. The summed E-state index contributed by atoms with van der Waals surface area (Å²) in [7, 11) is 0. The first-order valence-corrected chi connectivity index (χ1v) is 13.7. The van der Waals surface area contributed by atoms with Gasteiger partial charge in [0.15, 0.2) is 5.82 Å². The number of fused-ring (bicyclic) bond motifs is 1. The average Bonchev–Trinajstić information content (AvgIpc) is 3.61. The number of carbonyl (C=O) groups is 1. The molecule has 0 saturated heterocycles. The summed E-state index contributed by atoms with van der Waals surface area (Å²) in [6.07, 6.45) is 0.413. The lowest BCUT2D eigenvalue weighted by Gasteiger charge is -2.30. The number of nitrogens with zero attached hydrogens (tertiary/aromatic N) is 2. The van der Waals surface area contributed by atoms with Gasteiger partial charge in [-0.05, 0) is 53.3 Å². The third-order valence-electron chi connectivity index (χ3n) is 7.56. The van der Waals surface area contributed by atoms with E-state index in [0.29, 0.717) is 34.4 Å². The summed E-state index contributed by atoms with van der Waals surface area (Å²) in [4.78, 5) is 23.1. The average molecular weight is 610 g/mol. The number of primary amides is 1. The van der Waals surface area contributed by atoms with Crippen LogP contribution in [0, 0.1) is 11.7 Å². The Morgan fingerprint density at radius 1 is 1.15 bits per heavy atom. The number of amides is 1. The van der Waals surface area contributed by atoms with Gasteiger partial charge < -0.3 is 15.4 Å². The maximum Gasteiger partial charge on any atom is 0.435 e. The highest BCUT2D eigenvalue weighted by atomic mass is 35.5. The van der Waals surface area contributed by atoms with Gasteiger partial charge in [0.2, 0.25) is 5.91 Å². The van der Waals surface area contributed by atoms with E-state index >= 15 is 0 Å². The van der Waals surface area contributed by atoms with Gasteiger partial charge in [-0.3, -0.25) is 4.79 Å². The first kappa shape index (κ1) is 29.1. The second-order valence-corrected chi connectivity index (χ2v) is 11.0. The normalized spacial score (nSPS) is 19.6. The molecule has 41 heavy (non-hydrogen) atoms. The molecule has 1 unspecified atom stereocenters. The summed E-state index contributed by atoms with van der Waals surface area (Å²) in [5.41, 5.74) is 3.19. The molecule has 0 aromatic heterocycles. The van der Waals surface area contributed by atoms with Gasteiger partial charge in [0, 0.05) is 30.2 Å². The number of nitrogens with two attached hydrogens (primary N) is 1. The quantitative estimate of drug-likeness (QED) is 0.123. The van der Waals surface area contributed by atoms with Gasteiger partial charge in [0.05, 0.1) is 21.3 Å². The summed E-state index contributed by atoms with van der Waals surface area (Å²) in [5.74, 6) is -1.28. The van der Waals surface area contributed by atoms with Crippen LogP contribution in [-0.2, 0) is 21.7 Å². The number of alkyl halides is 3. The van der Waals surface area contributed by atoms with E-state index in [-0.39, 0.29) is 17.7 Å². The van der Waals surface area contributed by atoms with Crippen LogP contribution in [0.2, 0.25) is 10.0 Å². The van der Waals surface area contributed by atoms with E-state index < -0.39 is 45.5 Å². The molecule has 3 aromatic carbocycles. The lowest BCUT2D eigenvalue weighted by atomic mass is 9.84. The van der Waals surface area contributed by atoms with Crippen LogP contribution in [0.5, 0.6) is 0 Å². The molecule has 2 N–H and O–H groups in total. The Bertz CT molecular complexity index is 1530. The minimum absolute atomic E-state index is 0.0400. The summed E-state index contributed by atoms with van der Waals surface area (Å²) < 4.78 is 57.8. The van der Waals surface area contributed by atoms with Crippen molar-refractivity contribution in [2.75, 3.05) is 6.61 Å². The summed E-state index contributed by atoms with van der Waals surface area (Å²) in [6.45, 7) is 0.493. The van der Waals surface area contributed by atoms with Crippen molar-refractivity contribution in [1.82, 2.24) is 0 Å². The van der Waals surface area contributed by atoms with Crippen molar-refractivity contribution in [3.63, 3.8) is 0 Å². The van der Waals surface area contributed by atoms with Crippen molar-refractivity contribution < 1.29 is 32.0 Å². The first-order valence-electron chi connectivity index (χ1n) is 13.0. The predicted molar refractivity (Wildman–Crippen MR) is 149 cm³/mol. The van der Waals surface area contributed by atoms with E-state index in [1.54, 1.807) is 30.3 Å². The fraction of sp³-hybridized carbons (Fsp3) is 0.345. The lowest BCUT2D eigenvalue weighted by molar-refractivity contribution is -0.275. The monoisotopic (exact) mass is 609 g/mol. The minimum Gasteiger partial charge on any atom is -0.396 e. The Kier molecular flexibility index (Phi) is 8.16. The van der Waals surface area contributed by atoms with Gasteiger partial charge in [-0.15, -0.1) is 0 Å². The van der Waals surface area contributed by atoms with Crippen molar-refractivity contribution in [3.8, 4) is 0 Å². The van der Waals surface area contributed by atoms with E-state index in [1.165, 1.54) is 19.1 Å². The van der Waals surface area contributed by atoms with Crippen molar-refractivity contribution in [3.05, 3.63) is 80.6 Å². The molecule has 1 saturated carbocycles. The minimum atomic E-state index is -4.97. The number of oxime groups is 2. The van der Waals surface area contributed by atoms with Crippen molar-refractivity contribution in [2.45, 2.75) is 50.3 Å². The van der Waals surface area contributed by atoms with Crippen LogP contribution in [0.4, 0.5) is 17.6 Å². The number of hydrogen-bond acceptors (Lipinski definition) is 5. The Labute approximate surface area is 243 Å². The van der Waals surface area contributed by atoms with Crippen molar-refractivity contribution in [1.29, 1.82) is 0 Å². The number of carbonyl (C=O) groups excluding carboxylic acids is 1. The topological polar surface area (TPSA) is 86.3 Å². The van der Waals surface area contributed by atoms with Gasteiger partial charge in [0.1, 0.15) is 6.61 Å². The number of benzene rings is 3. The Morgan fingerprint density at radius 3 is 2.44 bits per heavy atom. The molecule has 0 radical (unpaired) electrons.